The lowest BCUT2D eigenvalue weighted by Gasteiger charge is -2.18. The molecule has 0 bridgehead atoms. The molecule has 1 aliphatic rings. The number of hydrogen-bond acceptors (Lipinski definition) is 6. The molecule has 106 valence electrons. The first-order valence-corrected chi connectivity index (χ1v) is 5.76. The van der Waals surface area contributed by atoms with Gasteiger partial charge >= 0.3 is 5.69 Å². The molecule has 8 heteroatoms. The average molecular weight is 272 g/mol. The number of methoxy groups -OCH3 is 1. The van der Waals surface area contributed by atoms with Crippen LogP contribution in [0.3, 0.4) is 0 Å². The summed E-state index contributed by atoms with van der Waals surface area (Å²) in [5, 5.41) is 19.0. The Bertz CT molecular complexity index is 565. The molecule has 1 saturated heterocycles. The van der Waals surface area contributed by atoms with Crippen molar-refractivity contribution in [3.05, 3.63) is 32.6 Å². The predicted octanol–water partition coefficient (Wildman–Crippen LogP) is -2.12. The van der Waals surface area contributed by atoms with Crippen LogP contribution in [0.2, 0.25) is 0 Å². The molecule has 1 aliphatic heterocycles. The minimum atomic E-state index is -1.04. The smallest absolute Gasteiger partial charge is 0.328 e. The number of aromatic nitrogens is 2. The second kappa shape index (κ2) is 5.25. The van der Waals surface area contributed by atoms with Crippen LogP contribution in [0, 0.1) is 0 Å². The van der Waals surface area contributed by atoms with Gasteiger partial charge in [0.1, 0.15) is 24.4 Å². The van der Waals surface area contributed by atoms with E-state index in [1.807, 2.05) is 0 Å². The van der Waals surface area contributed by atoms with Crippen LogP contribution in [0.4, 0.5) is 0 Å². The summed E-state index contributed by atoms with van der Waals surface area (Å²) in [5.41, 5.74) is -0.968. The van der Waals surface area contributed by atoms with E-state index in [9.17, 15) is 14.7 Å². The Morgan fingerprint density at radius 3 is 2.79 bits per heavy atom. The number of aliphatic hydroxyl groups is 2. The van der Waals surface area contributed by atoms with E-state index in [1.54, 1.807) is 0 Å². The normalized spacial score (nSPS) is 30.7. The zero-order chi connectivity index (χ0) is 14.2. The van der Waals surface area contributed by atoms with E-state index in [-0.39, 0.29) is 12.2 Å². The molecule has 19 heavy (non-hydrogen) atoms. The first-order valence-electron chi connectivity index (χ1n) is 5.76. The van der Waals surface area contributed by atoms with Gasteiger partial charge in [0.2, 0.25) is 0 Å². The number of aromatic amines is 1. The maximum atomic E-state index is 11.8. The summed E-state index contributed by atoms with van der Waals surface area (Å²) in [6.45, 7) is -0.388. The van der Waals surface area contributed by atoms with Crippen molar-refractivity contribution in [2.24, 2.45) is 7.05 Å². The van der Waals surface area contributed by atoms with Gasteiger partial charge in [-0.05, 0) is 0 Å². The highest BCUT2D eigenvalue weighted by molar-refractivity contribution is 5.14. The Labute approximate surface area is 108 Å². The number of hydrogen-bond donors (Lipinski definition) is 3. The molecule has 0 aromatic carbocycles. The third-order valence-electron chi connectivity index (χ3n) is 3.23. The van der Waals surface area contributed by atoms with Crippen molar-refractivity contribution in [3.8, 4) is 0 Å². The monoisotopic (exact) mass is 272 g/mol. The number of aryl methyl sites for hydroxylation is 1. The first-order chi connectivity index (χ1) is 8.99. The first kappa shape index (κ1) is 13.9. The van der Waals surface area contributed by atoms with Crippen LogP contribution < -0.4 is 11.2 Å². The van der Waals surface area contributed by atoms with Crippen molar-refractivity contribution < 1.29 is 19.7 Å². The largest absolute Gasteiger partial charge is 0.394 e. The average Bonchev–Trinajstić information content (AvgIpc) is 2.70. The lowest BCUT2D eigenvalue weighted by Crippen LogP contribution is -2.36. The maximum absolute atomic E-state index is 11.8. The van der Waals surface area contributed by atoms with Gasteiger partial charge < -0.3 is 24.3 Å². The van der Waals surface area contributed by atoms with Crippen LogP contribution >= 0.6 is 0 Å². The number of nitrogens with one attached hydrogen (secondary N) is 1. The lowest BCUT2D eigenvalue weighted by molar-refractivity contribution is -0.0241. The number of H-pyrrole nitrogens is 1. The van der Waals surface area contributed by atoms with E-state index in [1.165, 1.54) is 24.9 Å². The minimum Gasteiger partial charge on any atom is -0.394 e. The molecule has 0 aliphatic carbocycles. The van der Waals surface area contributed by atoms with Gasteiger partial charge in [0.05, 0.1) is 12.2 Å². The molecule has 0 saturated carbocycles. The lowest BCUT2D eigenvalue weighted by atomic mass is 10.0. The fourth-order valence-corrected chi connectivity index (χ4v) is 2.19. The van der Waals surface area contributed by atoms with Gasteiger partial charge in [0.15, 0.2) is 0 Å². The fraction of sp³-hybridized carbons (Fsp3) is 0.636. The molecule has 0 amide bonds. The SMILES string of the molecule is CO[C@@H]1[C@H](O)[C@@H](CO)O[C@H]1c1cn(C)c(=O)[nH]c1=O. The van der Waals surface area contributed by atoms with E-state index < -0.39 is 35.7 Å². The van der Waals surface area contributed by atoms with Gasteiger partial charge in [-0.15, -0.1) is 0 Å². The summed E-state index contributed by atoms with van der Waals surface area (Å²) in [5.74, 6) is 0. The van der Waals surface area contributed by atoms with Crippen LogP contribution in [0.25, 0.3) is 0 Å². The summed E-state index contributed by atoms with van der Waals surface area (Å²) < 4.78 is 11.7. The minimum absolute atomic E-state index is 0.170. The number of rotatable bonds is 3. The van der Waals surface area contributed by atoms with E-state index >= 15 is 0 Å². The molecule has 1 aromatic rings. The topological polar surface area (TPSA) is 114 Å². The Morgan fingerprint density at radius 1 is 1.53 bits per heavy atom. The van der Waals surface area contributed by atoms with Crippen LogP contribution in [-0.2, 0) is 16.5 Å². The Hall–Kier alpha value is -1.48. The molecular weight excluding hydrogens is 256 g/mol. The van der Waals surface area contributed by atoms with Crippen molar-refractivity contribution in [1.82, 2.24) is 9.55 Å². The highest BCUT2D eigenvalue weighted by Crippen LogP contribution is 2.33. The Kier molecular flexibility index (Phi) is 3.85. The van der Waals surface area contributed by atoms with E-state index in [2.05, 4.69) is 4.98 Å². The van der Waals surface area contributed by atoms with Gasteiger partial charge in [-0.25, -0.2) is 4.79 Å². The van der Waals surface area contributed by atoms with Crippen LogP contribution in [0.1, 0.15) is 11.7 Å². The van der Waals surface area contributed by atoms with Crippen LogP contribution in [0.15, 0.2) is 15.8 Å². The molecule has 0 spiro atoms. The van der Waals surface area contributed by atoms with Crippen LogP contribution in [-0.4, -0.2) is 51.8 Å². The fourth-order valence-electron chi connectivity index (χ4n) is 2.19. The Balaban J connectivity index is 2.44. The predicted molar refractivity (Wildman–Crippen MR) is 63.8 cm³/mol. The maximum Gasteiger partial charge on any atom is 0.328 e. The Morgan fingerprint density at radius 2 is 2.21 bits per heavy atom. The molecule has 1 fully saturated rings. The summed E-state index contributed by atoms with van der Waals surface area (Å²) >= 11 is 0. The summed E-state index contributed by atoms with van der Waals surface area (Å²) in [6, 6.07) is 0. The van der Waals surface area contributed by atoms with Gasteiger partial charge in [-0.1, -0.05) is 0 Å². The third-order valence-corrected chi connectivity index (χ3v) is 3.23. The second-order valence-electron chi connectivity index (χ2n) is 4.42. The molecule has 2 heterocycles. The molecule has 8 nitrogen and oxygen atoms in total. The second-order valence-corrected chi connectivity index (χ2v) is 4.42. The summed E-state index contributed by atoms with van der Waals surface area (Å²) in [6.07, 6.45) is -2.16. The molecule has 3 N–H and O–H groups in total. The van der Waals surface area contributed by atoms with Crippen molar-refractivity contribution in [2.75, 3.05) is 13.7 Å². The highest BCUT2D eigenvalue weighted by atomic mass is 16.6. The van der Waals surface area contributed by atoms with Gasteiger partial charge in [-0.3, -0.25) is 9.78 Å². The van der Waals surface area contributed by atoms with E-state index in [4.69, 9.17) is 14.6 Å². The van der Waals surface area contributed by atoms with Gasteiger partial charge in [0.25, 0.3) is 5.56 Å². The van der Waals surface area contributed by atoms with E-state index in [0.29, 0.717) is 0 Å². The van der Waals surface area contributed by atoms with Crippen molar-refractivity contribution in [2.45, 2.75) is 24.4 Å². The number of ether oxygens (including phenoxy) is 2. The molecule has 2 rings (SSSR count). The standard InChI is InChI=1S/C11H16N2O6/c1-13-3-5(10(16)12-11(13)17)8-9(18-2)7(15)6(4-14)19-8/h3,6-9,14-15H,4H2,1-2H3,(H,12,16,17)/t6-,7-,8+,9-/m1/s1. The highest BCUT2D eigenvalue weighted by Gasteiger charge is 2.45. The van der Waals surface area contributed by atoms with Crippen molar-refractivity contribution in [1.29, 1.82) is 0 Å². The van der Waals surface area contributed by atoms with Gasteiger partial charge in [-0.2, -0.15) is 0 Å². The van der Waals surface area contributed by atoms with E-state index in [0.717, 1.165) is 0 Å². The quantitative estimate of drug-likeness (QED) is 0.580. The summed E-state index contributed by atoms with van der Waals surface area (Å²) in [7, 11) is 2.86. The molecule has 1 aromatic heterocycles. The number of aliphatic hydroxyl groups excluding tert-OH is 2. The molecule has 0 radical (unpaired) electrons. The zero-order valence-electron chi connectivity index (χ0n) is 10.6. The van der Waals surface area contributed by atoms with Crippen molar-refractivity contribution >= 4 is 0 Å². The molecule has 4 atom stereocenters. The molecular formula is C11H16N2O6. The third kappa shape index (κ3) is 2.35. The zero-order valence-corrected chi connectivity index (χ0v) is 10.6. The molecule has 0 unspecified atom stereocenters. The summed E-state index contributed by atoms with van der Waals surface area (Å²) in [4.78, 5) is 25.2. The van der Waals surface area contributed by atoms with Crippen LogP contribution in [0.5, 0.6) is 0 Å². The number of nitrogens with zero attached hydrogens (tertiary/aromatic N) is 1. The van der Waals surface area contributed by atoms with Gasteiger partial charge in [0, 0.05) is 20.4 Å². The van der Waals surface area contributed by atoms with Crippen molar-refractivity contribution in [3.63, 3.8) is 0 Å².